The number of carboxylic acid groups (broad SMARTS) is 2. The first kappa shape index (κ1) is 17.8. The standard InChI is InChI=1S/C14H17NO6S/c1-21-11-7-8(22-2)3-4-9(11)13(18)15-10(14(19)20)5-6-12(16)17/h3-4,7,10H,5-6H2,1-2H3,(H,15,18)(H,16,17)(H,19,20)/t10-/m0/s1. The molecule has 1 rings (SSSR count). The molecule has 1 atom stereocenters. The summed E-state index contributed by atoms with van der Waals surface area (Å²) in [6.45, 7) is 0. The molecule has 0 fully saturated rings. The van der Waals surface area contributed by atoms with Crippen LogP contribution in [0.1, 0.15) is 23.2 Å². The molecule has 0 saturated heterocycles. The number of ether oxygens (including phenoxy) is 1. The Morgan fingerprint density at radius 1 is 1.32 bits per heavy atom. The topological polar surface area (TPSA) is 113 Å². The lowest BCUT2D eigenvalue weighted by atomic mass is 10.1. The van der Waals surface area contributed by atoms with Crippen molar-refractivity contribution in [1.29, 1.82) is 0 Å². The molecule has 22 heavy (non-hydrogen) atoms. The van der Waals surface area contributed by atoms with Gasteiger partial charge < -0.3 is 20.3 Å². The fourth-order valence-electron chi connectivity index (χ4n) is 1.75. The minimum Gasteiger partial charge on any atom is -0.496 e. The van der Waals surface area contributed by atoms with Crippen molar-refractivity contribution in [3.8, 4) is 5.75 Å². The van der Waals surface area contributed by atoms with Crippen molar-refractivity contribution < 1.29 is 29.3 Å². The van der Waals surface area contributed by atoms with Crippen LogP contribution in [0.25, 0.3) is 0 Å². The number of benzene rings is 1. The molecular weight excluding hydrogens is 310 g/mol. The maximum Gasteiger partial charge on any atom is 0.326 e. The van der Waals surface area contributed by atoms with Gasteiger partial charge in [0, 0.05) is 11.3 Å². The molecule has 0 radical (unpaired) electrons. The Morgan fingerprint density at radius 3 is 2.50 bits per heavy atom. The van der Waals surface area contributed by atoms with Crippen LogP contribution >= 0.6 is 11.8 Å². The number of nitrogens with one attached hydrogen (secondary N) is 1. The SMILES string of the molecule is COc1cc(SC)ccc1C(=O)N[C@@H](CCC(=O)O)C(=O)O. The zero-order chi connectivity index (χ0) is 16.7. The summed E-state index contributed by atoms with van der Waals surface area (Å²) in [6, 6.07) is 3.66. The summed E-state index contributed by atoms with van der Waals surface area (Å²) >= 11 is 1.48. The van der Waals surface area contributed by atoms with Crippen molar-refractivity contribution in [3.05, 3.63) is 23.8 Å². The molecule has 0 aliphatic rings. The number of thioether (sulfide) groups is 1. The number of carboxylic acids is 2. The smallest absolute Gasteiger partial charge is 0.326 e. The molecule has 0 aliphatic heterocycles. The first-order valence-electron chi connectivity index (χ1n) is 6.36. The highest BCUT2D eigenvalue weighted by Crippen LogP contribution is 2.25. The van der Waals surface area contributed by atoms with Gasteiger partial charge in [-0.2, -0.15) is 0 Å². The minimum absolute atomic E-state index is 0.193. The Morgan fingerprint density at radius 2 is 2.00 bits per heavy atom. The second-order valence-electron chi connectivity index (χ2n) is 4.36. The van der Waals surface area contributed by atoms with E-state index in [0.29, 0.717) is 5.75 Å². The first-order chi connectivity index (χ1) is 10.4. The third kappa shape index (κ3) is 4.96. The van der Waals surface area contributed by atoms with Crippen molar-refractivity contribution in [2.75, 3.05) is 13.4 Å². The van der Waals surface area contributed by atoms with Gasteiger partial charge in [0.1, 0.15) is 11.8 Å². The number of amides is 1. The second kappa shape index (κ2) is 8.28. The summed E-state index contributed by atoms with van der Waals surface area (Å²) in [6.07, 6.45) is 1.34. The molecule has 120 valence electrons. The van der Waals surface area contributed by atoms with Gasteiger partial charge in [0.25, 0.3) is 5.91 Å². The number of hydrogen-bond donors (Lipinski definition) is 3. The number of rotatable bonds is 8. The molecule has 0 saturated carbocycles. The Kier molecular flexibility index (Phi) is 6.71. The molecule has 7 nitrogen and oxygen atoms in total. The molecule has 0 aliphatic carbocycles. The third-order valence-electron chi connectivity index (χ3n) is 2.90. The summed E-state index contributed by atoms with van der Waals surface area (Å²) in [5, 5.41) is 20.0. The van der Waals surface area contributed by atoms with Crippen LogP contribution in [0.4, 0.5) is 0 Å². The van der Waals surface area contributed by atoms with E-state index in [9.17, 15) is 14.4 Å². The van der Waals surface area contributed by atoms with Crippen LogP contribution in [0.2, 0.25) is 0 Å². The molecule has 3 N–H and O–H groups in total. The van der Waals surface area contributed by atoms with E-state index in [-0.39, 0.29) is 18.4 Å². The Hall–Kier alpha value is -2.22. The van der Waals surface area contributed by atoms with E-state index >= 15 is 0 Å². The summed E-state index contributed by atoms with van der Waals surface area (Å²) in [5.74, 6) is -2.70. The van der Waals surface area contributed by atoms with Crippen molar-refractivity contribution in [1.82, 2.24) is 5.32 Å². The van der Waals surface area contributed by atoms with Crippen LogP contribution < -0.4 is 10.1 Å². The van der Waals surface area contributed by atoms with Crippen molar-refractivity contribution in [2.45, 2.75) is 23.8 Å². The zero-order valence-electron chi connectivity index (χ0n) is 12.2. The Balaban J connectivity index is 2.89. The highest BCUT2D eigenvalue weighted by atomic mass is 32.2. The van der Waals surface area contributed by atoms with E-state index in [1.54, 1.807) is 12.1 Å². The normalized spacial score (nSPS) is 11.5. The first-order valence-corrected chi connectivity index (χ1v) is 7.59. The third-order valence-corrected chi connectivity index (χ3v) is 3.63. The summed E-state index contributed by atoms with van der Waals surface area (Å²) in [7, 11) is 1.41. The van der Waals surface area contributed by atoms with Crippen LogP contribution in [0, 0.1) is 0 Å². The van der Waals surface area contributed by atoms with Crippen LogP contribution in [0.15, 0.2) is 23.1 Å². The van der Waals surface area contributed by atoms with Gasteiger partial charge in [-0.15, -0.1) is 11.8 Å². The van der Waals surface area contributed by atoms with Gasteiger partial charge in [0.2, 0.25) is 0 Å². The molecule has 0 bridgehead atoms. The molecule has 8 heteroatoms. The molecule has 0 aromatic heterocycles. The Bertz CT molecular complexity index is 574. The molecule has 0 unspecified atom stereocenters. The number of carbonyl (C=O) groups excluding carboxylic acids is 1. The highest BCUT2D eigenvalue weighted by molar-refractivity contribution is 7.98. The molecule has 1 aromatic carbocycles. The van der Waals surface area contributed by atoms with E-state index < -0.39 is 23.9 Å². The number of carbonyl (C=O) groups is 3. The van der Waals surface area contributed by atoms with Gasteiger partial charge in [-0.1, -0.05) is 0 Å². The van der Waals surface area contributed by atoms with Crippen LogP contribution in [-0.4, -0.2) is 47.5 Å². The van der Waals surface area contributed by atoms with Crippen molar-refractivity contribution in [2.24, 2.45) is 0 Å². The lowest BCUT2D eigenvalue weighted by molar-refractivity contribution is -0.140. The van der Waals surface area contributed by atoms with Gasteiger partial charge in [-0.3, -0.25) is 9.59 Å². The molecule has 0 spiro atoms. The quantitative estimate of drug-likeness (QED) is 0.620. The molecule has 1 aromatic rings. The predicted octanol–water partition coefficient (Wildman–Crippen LogP) is 1.46. The summed E-state index contributed by atoms with van der Waals surface area (Å²) in [5.41, 5.74) is 0.196. The van der Waals surface area contributed by atoms with Crippen molar-refractivity contribution in [3.63, 3.8) is 0 Å². The maximum atomic E-state index is 12.2. The largest absolute Gasteiger partial charge is 0.496 e. The van der Waals surface area contributed by atoms with Gasteiger partial charge in [0.15, 0.2) is 0 Å². The van der Waals surface area contributed by atoms with E-state index in [1.165, 1.54) is 24.9 Å². The molecule has 0 heterocycles. The zero-order valence-corrected chi connectivity index (χ0v) is 13.0. The van der Waals surface area contributed by atoms with Crippen LogP contribution in [0.5, 0.6) is 5.75 Å². The van der Waals surface area contributed by atoms with Crippen molar-refractivity contribution >= 4 is 29.6 Å². The van der Waals surface area contributed by atoms with E-state index in [2.05, 4.69) is 5.32 Å². The lowest BCUT2D eigenvalue weighted by Gasteiger charge is -2.15. The number of aliphatic carboxylic acids is 2. The molecular formula is C14H17NO6S. The highest BCUT2D eigenvalue weighted by Gasteiger charge is 2.23. The van der Waals surface area contributed by atoms with Crippen LogP contribution in [-0.2, 0) is 9.59 Å². The van der Waals surface area contributed by atoms with E-state index in [1.807, 2.05) is 6.26 Å². The maximum absolute atomic E-state index is 12.2. The van der Waals surface area contributed by atoms with Gasteiger partial charge in [-0.05, 0) is 30.9 Å². The predicted molar refractivity (Wildman–Crippen MR) is 80.5 cm³/mol. The lowest BCUT2D eigenvalue weighted by Crippen LogP contribution is -2.41. The van der Waals surface area contributed by atoms with Gasteiger partial charge in [0.05, 0.1) is 12.7 Å². The average Bonchev–Trinajstić information content (AvgIpc) is 2.49. The number of methoxy groups -OCH3 is 1. The fourth-order valence-corrected chi connectivity index (χ4v) is 2.18. The minimum atomic E-state index is -1.28. The number of hydrogen-bond acceptors (Lipinski definition) is 5. The van der Waals surface area contributed by atoms with E-state index in [0.717, 1.165) is 4.90 Å². The average molecular weight is 327 g/mol. The Labute approximate surface area is 131 Å². The summed E-state index contributed by atoms with van der Waals surface area (Å²) < 4.78 is 5.13. The summed E-state index contributed by atoms with van der Waals surface area (Å²) in [4.78, 5) is 34.7. The molecule has 1 amide bonds. The monoisotopic (exact) mass is 327 g/mol. The van der Waals surface area contributed by atoms with Crippen LogP contribution in [0.3, 0.4) is 0 Å². The van der Waals surface area contributed by atoms with Gasteiger partial charge >= 0.3 is 11.9 Å². The second-order valence-corrected chi connectivity index (χ2v) is 5.24. The van der Waals surface area contributed by atoms with E-state index in [4.69, 9.17) is 14.9 Å². The fraction of sp³-hybridized carbons (Fsp3) is 0.357. The van der Waals surface area contributed by atoms with Gasteiger partial charge in [-0.25, -0.2) is 4.79 Å².